The Hall–Kier alpha value is -2.68. The van der Waals surface area contributed by atoms with Gasteiger partial charge in [-0.25, -0.2) is 9.37 Å². The highest BCUT2D eigenvalue weighted by Gasteiger charge is 2.30. The maximum absolute atomic E-state index is 13.7. The summed E-state index contributed by atoms with van der Waals surface area (Å²) in [5.74, 6) is -0.861. The van der Waals surface area contributed by atoms with Crippen molar-refractivity contribution >= 4 is 38.3 Å². The van der Waals surface area contributed by atoms with E-state index in [-0.39, 0.29) is 17.7 Å². The number of nitrogens with one attached hydrogen (secondary N) is 1. The zero-order chi connectivity index (χ0) is 18.9. The van der Waals surface area contributed by atoms with E-state index in [2.05, 4.69) is 10.3 Å². The Morgan fingerprint density at radius 1 is 1.19 bits per heavy atom. The van der Waals surface area contributed by atoms with E-state index < -0.39 is 23.5 Å². The first kappa shape index (κ1) is 18.1. The fraction of sp³-hybridized carbons (Fsp3) is 0.176. The number of amides is 1. The second-order valence-corrected chi connectivity index (χ2v) is 6.57. The summed E-state index contributed by atoms with van der Waals surface area (Å²) in [6, 6.07) is 8.79. The predicted molar refractivity (Wildman–Crippen MR) is 92.9 cm³/mol. The zero-order valence-electron chi connectivity index (χ0n) is 13.5. The smallest absolute Gasteiger partial charge is 0.342 e. The van der Waals surface area contributed by atoms with Crippen LogP contribution in [0.15, 0.2) is 42.5 Å². The molecular weight excluding hydrogens is 370 g/mol. The van der Waals surface area contributed by atoms with Crippen molar-refractivity contribution in [1.29, 1.82) is 0 Å². The number of fused-ring (bicyclic) bond motifs is 1. The molecule has 0 aliphatic heterocycles. The lowest BCUT2D eigenvalue weighted by molar-refractivity contribution is -0.137. The third kappa shape index (κ3) is 3.93. The van der Waals surface area contributed by atoms with Crippen molar-refractivity contribution in [3.8, 4) is 0 Å². The van der Waals surface area contributed by atoms with Gasteiger partial charge in [0, 0.05) is 12.7 Å². The minimum atomic E-state index is -4.43. The van der Waals surface area contributed by atoms with Gasteiger partial charge in [-0.05, 0) is 36.4 Å². The highest BCUT2D eigenvalue weighted by Crippen LogP contribution is 2.30. The Morgan fingerprint density at radius 2 is 1.88 bits per heavy atom. The Kier molecular flexibility index (Phi) is 4.82. The minimum absolute atomic E-state index is 0.0809. The highest BCUT2D eigenvalue weighted by atomic mass is 32.1. The van der Waals surface area contributed by atoms with Gasteiger partial charge in [-0.1, -0.05) is 17.4 Å². The molecule has 0 aliphatic carbocycles. The van der Waals surface area contributed by atoms with Gasteiger partial charge in [-0.3, -0.25) is 4.79 Å². The summed E-state index contributed by atoms with van der Waals surface area (Å²) in [7, 11) is 1.63. The molecule has 0 radical (unpaired) electrons. The number of anilines is 2. The van der Waals surface area contributed by atoms with Crippen LogP contribution in [0, 0.1) is 5.82 Å². The van der Waals surface area contributed by atoms with E-state index in [1.54, 1.807) is 24.1 Å². The molecule has 9 heteroatoms. The van der Waals surface area contributed by atoms with Crippen LogP contribution in [0.1, 0.15) is 5.56 Å². The Balaban J connectivity index is 1.66. The molecule has 3 aromatic rings. The molecule has 0 fully saturated rings. The fourth-order valence-corrected chi connectivity index (χ4v) is 3.23. The highest BCUT2D eigenvalue weighted by molar-refractivity contribution is 7.22. The molecule has 0 atom stereocenters. The van der Waals surface area contributed by atoms with Crippen LogP contribution in [0.4, 0.5) is 28.4 Å². The molecule has 1 heterocycles. The minimum Gasteiger partial charge on any atom is -0.342 e. The van der Waals surface area contributed by atoms with E-state index in [1.807, 2.05) is 0 Å². The van der Waals surface area contributed by atoms with Crippen molar-refractivity contribution in [3.63, 3.8) is 0 Å². The van der Waals surface area contributed by atoms with Crippen LogP contribution in [0.5, 0.6) is 0 Å². The van der Waals surface area contributed by atoms with Crippen LogP contribution < -0.4 is 10.2 Å². The molecule has 2 aromatic carbocycles. The number of para-hydroxylation sites is 1. The van der Waals surface area contributed by atoms with Crippen LogP contribution in [-0.4, -0.2) is 24.5 Å². The predicted octanol–water partition coefficient (Wildman–Crippen LogP) is 4.53. The van der Waals surface area contributed by atoms with Gasteiger partial charge in [-0.2, -0.15) is 13.2 Å². The van der Waals surface area contributed by atoms with Gasteiger partial charge in [0.15, 0.2) is 5.13 Å². The van der Waals surface area contributed by atoms with E-state index in [0.29, 0.717) is 9.83 Å². The average molecular weight is 383 g/mol. The van der Waals surface area contributed by atoms with Crippen molar-refractivity contribution in [1.82, 2.24) is 4.98 Å². The van der Waals surface area contributed by atoms with E-state index in [1.165, 1.54) is 29.5 Å². The van der Waals surface area contributed by atoms with E-state index >= 15 is 0 Å². The second kappa shape index (κ2) is 6.91. The number of rotatable bonds is 4. The summed E-state index contributed by atoms with van der Waals surface area (Å²) >= 11 is 1.24. The summed E-state index contributed by atoms with van der Waals surface area (Å²) in [6.07, 6.45) is -4.43. The number of halogens is 4. The van der Waals surface area contributed by atoms with Crippen molar-refractivity contribution in [2.75, 3.05) is 23.8 Å². The molecule has 1 amide bonds. The average Bonchev–Trinajstić information content (AvgIpc) is 3.00. The summed E-state index contributed by atoms with van der Waals surface area (Å²) < 4.78 is 52.0. The molecular formula is C17H13F4N3OS. The quantitative estimate of drug-likeness (QED) is 0.674. The maximum Gasteiger partial charge on any atom is 0.416 e. The number of nitrogens with zero attached hydrogens (tertiary/aromatic N) is 2. The van der Waals surface area contributed by atoms with Crippen molar-refractivity contribution in [2.45, 2.75) is 6.18 Å². The zero-order valence-corrected chi connectivity index (χ0v) is 14.3. The molecule has 4 nitrogen and oxygen atoms in total. The van der Waals surface area contributed by atoms with Crippen molar-refractivity contribution in [3.05, 3.63) is 53.8 Å². The van der Waals surface area contributed by atoms with Gasteiger partial charge in [0.05, 0.1) is 16.8 Å². The third-order valence-corrected chi connectivity index (χ3v) is 4.70. The number of carbonyl (C=O) groups excluding carboxylic acids is 1. The lowest BCUT2D eigenvalue weighted by Crippen LogP contribution is -2.29. The van der Waals surface area contributed by atoms with Gasteiger partial charge >= 0.3 is 6.18 Å². The van der Waals surface area contributed by atoms with E-state index in [4.69, 9.17) is 0 Å². The number of benzene rings is 2. The summed E-state index contributed by atoms with van der Waals surface area (Å²) in [6.45, 7) is -0.0809. The molecule has 0 spiro atoms. The molecule has 0 unspecified atom stereocenters. The molecule has 3 rings (SSSR count). The first-order valence-electron chi connectivity index (χ1n) is 7.47. The molecule has 0 saturated heterocycles. The SMILES string of the molecule is CN(CC(=O)Nc1ccc(C(F)(F)F)cc1)c1nc2c(F)cccc2s1. The van der Waals surface area contributed by atoms with Gasteiger partial charge < -0.3 is 10.2 Å². The molecule has 0 saturated carbocycles. The molecule has 26 heavy (non-hydrogen) atoms. The van der Waals surface area contributed by atoms with Crippen LogP contribution >= 0.6 is 11.3 Å². The Labute approximate surface area is 150 Å². The first-order chi connectivity index (χ1) is 12.2. The number of aromatic nitrogens is 1. The summed E-state index contributed by atoms with van der Waals surface area (Å²) in [5.41, 5.74) is -0.293. The van der Waals surface area contributed by atoms with E-state index in [9.17, 15) is 22.4 Å². The number of likely N-dealkylation sites (N-methyl/N-ethyl adjacent to an activating group) is 1. The number of alkyl halides is 3. The standard InChI is InChI=1S/C17H13F4N3OS/c1-24(16-23-15-12(18)3-2-4-13(15)26-16)9-14(25)22-11-7-5-10(6-8-11)17(19,20)21/h2-8H,9H2,1H3,(H,22,25). The third-order valence-electron chi connectivity index (χ3n) is 3.56. The molecule has 1 N–H and O–H groups in total. The monoisotopic (exact) mass is 383 g/mol. The Morgan fingerprint density at radius 3 is 2.50 bits per heavy atom. The largest absolute Gasteiger partial charge is 0.416 e. The summed E-state index contributed by atoms with van der Waals surface area (Å²) in [4.78, 5) is 17.8. The van der Waals surface area contributed by atoms with Crippen LogP contribution in [0.25, 0.3) is 10.2 Å². The van der Waals surface area contributed by atoms with Crippen LogP contribution in [-0.2, 0) is 11.0 Å². The van der Waals surface area contributed by atoms with Crippen molar-refractivity contribution in [2.24, 2.45) is 0 Å². The van der Waals surface area contributed by atoms with Gasteiger partial charge in [0.1, 0.15) is 11.3 Å². The molecule has 0 bridgehead atoms. The first-order valence-corrected chi connectivity index (χ1v) is 8.29. The normalized spacial score (nSPS) is 11.6. The van der Waals surface area contributed by atoms with E-state index in [0.717, 1.165) is 12.1 Å². The lowest BCUT2D eigenvalue weighted by atomic mass is 10.2. The summed E-state index contributed by atoms with van der Waals surface area (Å²) in [5, 5.41) is 2.99. The number of hydrogen-bond acceptors (Lipinski definition) is 4. The lowest BCUT2D eigenvalue weighted by Gasteiger charge is -2.15. The van der Waals surface area contributed by atoms with Gasteiger partial charge in [0.25, 0.3) is 0 Å². The van der Waals surface area contributed by atoms with Gasteiger partial charge in [-0.15, -0.1) is 0 Å². The Bertz CT molecular complexity index is 937. The fourth-order valence-electron chi connectivity index (χ4n) is 2.29. The van der Waals surface area contributed by atoms with Crippen LogP contribution in [0.2, 0.25) is 0 Å². The maximum atomic E-state index is 13.7. The van der Waals surface area contributed by atoms with Gasteiger partial charge in [0.2, 0.25) is 5.91 Å². The molecule has 1 aromatic heterocycles. The number of carbonyl (C=O) groups is 1. The topological polar surface area (TPSA) is 45.2 Å². The molecule has 136 valence electrons. The van der Waals surface area contributed by atoms with Crippen LogP contribution in [0.3, 0.4) is 0 Å². The number of hydrogen-bond donors (Lipinski definition) is 1. The number of thiazole rings is 1. The second-order valence-electron chi connectivity index (χ2n) is 5.56. The molecule has 0 aliphatic rings. The van der Waals surface area contributed by atoms with Crippen molar-refractivity contribution < 1.29 is 22.4 Å².